The summed E-state index contributed by atoms with van der Waals surface area (Å²) < 4.78 is 2.26. The van der Waals surface area contributed by atoms with Crippen molar-refractivity contribution in [3.8, 4) is 0 Å². The van der Waals surface area contributed by atoms with Crippen LogP contribution in [0.3, 0.4) is 0 Å². The van der Waals surface area contributed by atoms with Crippen LogP contribution in [0.5, 0.6) is 0 Å². The molecule has 2 rings (SSSR count). The number of hydrogen-bond acceptors (Lipinski definition) is 1. The van der Waals surface area contributed by atoms with Crippen molar-refractivity contribution in [2.24, 2.45) is 0 Å². The largest absolute Gasteiger partial charge is 0.396 e. The Morgan fingerprint density at radius 1 is 1.33 bits per heavy atom. The average Bonchev–Trinajstić information content (AvgIpc) is 2.59. The molecule has 0 fully saturated rings. The van der Waals surface area contributed by atoms with Crippen LogP contribution in [0.1, 0.15) is 18.1 Å². The lowest BCUT2D eigenvalue weighted by Gasteiger charge is -2.02. The second kappa shape index (κ2) is 4.07. The summed E-state index contributed by atoms with van der Waals surface area (Å²) in [6.45, 7) is 5.48. The molecule has 2 heteroatoms. The van der Waals surface area contributed by atoms with Gasteiger partial charge in [0.1, 0.15) is 0 Å². The minimum Gasteiger partial charge on any atom is -0.396 e. The zero-order valence-electron chi connectivity index (χ0n) is 9.33. The van der Waals surface area contributed by atoms with E-state index < -0.39 is 0 Å². The number of nitrogens with zero attached hydrogens (tertiary/aromatic N) is 1. The molecule has 0 aliphatic carbocycles. The van der Waals surface area contributed by atoms with E-state index in [2.05, 4.69) is 42.8 Å². The first-order valence-electron chi connectivity index (χ1n) is 5.46. The van der Waals surface area contributed by atoms with Gasteiger partial charge in [0.15, 0.2) is 0 Å². The molecule has 0 unspecified atom stereocenters. The molecule has 0 amide bonds. The third-order valence-corrected chi connectivity index (χ3v) is 2.90. The summed E-state index contributed by atoms with van der Waals surface area (Å²) in [5.41, 5.74) is 3.86. The van der Waals surface area contributed by atoms with Crippen molar-refractivity contribution < 1.29 is 5.11 Å². The zero-order valence-corrected chi connectivity index (χ0v) is 9.33. The van der Waals surface area contributed by atoms with Gasteiger partial charge in [-0.15, -0.1) is 0 Å². The minimum absolute atomic E-state index is 0.219. The molecular formula is C13H17NO. The summed E-state index contributed by atoms with van der Waals surface area (Å²) in [5, 5.41) is 10.3. The second-order valence-corrected chi connectivity index (χ2v) is 3.89. The summed E-state index contributed by atoms with van der Waals surface area (Å²) in [5.74, 6) is 0. The SMILES string of the molecule is CCn1cc(CCO)c2cccc(C)c21. The van der Waals surface area contributed by atoms with Gasteiger partial charge in [0.2, 0.25) is 0 Å². The predicted octanol–water partition coefficient (Wildman–Crippen LogP) is 2.50. The molecular weight excluding hydrogens is 186 g/mol. The van der Waals surface area contributed by atoms with Crippen LogP contribution in [0.4, 0.5) is 0 Å². The molecule has 0 bridgehead atoms. The number of para-hydroxylation sites is 1. The Kier molecular flexibility index (Phi) is 2.78. The van der Waals surface area contributed by atoms with E-state index in [4.69, 9.17) is 5.11 Å². The molecule has 15 heavy (non-hydrogen) atoms. The number of aromatic nitrogens is 1. The van der Waals surface area contributed by atoms with E-state index in [1.807, 2.05) is 0 Å². The van der Waals surface area contributed by atoms with E-state index >= 15 is 0 Å². The topological polar surface area (TPSA) is 25.2 Å². The first-order chi connectivity index (χ1) is 7.27. The molecule has 1 heterocycles. The lowest BCUT2D eigenvalue weighted by Crippen LogP contribution is -1.92. The fourth-order valence-corrected chi connectivity index (χ4v) is 2.19. The minimum atomic E-state index is 0.219. The average molecular weight is 203 g/mol. The van der Waals surface area contributed by atoms with Gasteiger partial charge in [-0.05, 0) is 31.4 Å². The molecule has 0 aliphatic rings. The van der Waals surface area contributed by atoms with Gasteiger partial charge in [0, 0.05) is 24.7 Å². The van der Waals surface area contributed by atoms with E-state index in [1.54, 1.807) is 0 Å². The fraction of sp³-hybridized carbons (Fsp3) is 0.385. The number of fused-ring (bicyclic) bond motifs is 1. The van der Waals surface area contributed by atoms with Gasteiger partial charge in [-0.1, -0.05) is 18.2 Å². The number of aliphatic hydroxyl groups excluding tert-OH is 1. The Balaban J connectivity index is 2.69. The highest BCUT2D eigenvalue weighted by atomic mass is 16.2. The molecule has 80 valence electrons. The fourth-order valence-electron chi connectivity index (χ4n) is 2.19. The third-order valence-electron chi connectivity index (χ3n) is 2.90. The summed E-state index contributed by atoms with van der Waals surface area (Å²) in [7, 11) is 0. The third kappa shape index (κ3) is 1.65. The van der Waals surface area contributed by atoms with Gasteiger partial charge < -0.3 is 9.67 Å². The molecule has 0 saturated heterocycles. The van der Waals surface area contributed by atoms with Crippen LogP contribution in [0.25, 0.3) is 10.9 Å². The lowest BCUT2D eigenvalue weighted by molar-refractivity contribution is 0.300. The van der Waals surface area contributed by atoms with Crippen LogP contribution in [0, 0.1) is 6.92 Å². The number of aryl methyl sites for hydroxylation is 2. The summed E-state index contributed by atoms with van der Waals surface area (Å²) in [6.07, 6.45) is 2.90. The normalized spacial score (nSPS) is 11.1. The van der Waals surface area contributed by atoms with Gasteiger partial charge >= 0.3 is 0 Å². The van der Waals surface area contributed by atoms with Crippen molar-refractivity contribution in [2.75, 3.05) is 6.61 Å². The van der Waals surface area contributed by atoms with E-state index in [-0.39, 0.29) is 6.61 Å². The maximum atomic E-state index is 9.02. The van der Waals surface area contributed by atoms with Crippen LogP contribution in [0.15, 0.2) is 24.4 Å². The van der Waals surface area contributed by atoms with Crippen LogP contribution in [-0.2, 0) is 13.0 Å². The maximum Gasteiger partial charge on any atom is 0.0512 e. The van der Waals surface area contributed by atoms with Gasteiger partial charge in [-0.3, -0.25) is 0 Å². The molecule has 0 radical (unpaired) electrons. The van der Waals surface area contributed by atoms with Crippen LogP contribution in [0.2, 0.25) is 0 Å². The Morgan fingerprint density at radius 3 is 2.80 bits per heavy atom. The van der Waals surface area contributed by atoms with Crippen molar-refractivity contribution >= 4 is 10.9 Å². The molecule has 0 atom stereocenters. The molecule has 0 spiro atoms. The highest BCUT2D eigenvalue weighted by Crippen LogP contribution is 2.24. The monoisotopic (exact) mass is 203 g/mol. The van der Waals surface area contributed by atoms with Gasteiger partial charge in [0.05, 0.1) is 5.52 Å². The molecule has 1 aromatic heterocycles. The Hall–Kier alpha value is -1.28. The molecule has 0 aliphatic heterocycles. The van der Waals surface area contributed by atoms with Crippen molar-refractivity contribution in [3.63, 3.8) is 0 Å². The lowest BCUT2D eigenvalue weighted by atomic mass is 10.1. The van der Waals surface area contributed by atoms with Crippen molar-refractivity contribution in [1.82, 2.24) is 4.57 Å². The van der Waals surface area contributed by atoms with Crippen molar-refractivity contribution in [2.45, 2.75) is 26.8 Å². The maximum absolute atomic E-state index is 9.02. The summed E-state index contributed by atoms with van der Waals surface area (Å²) in [4.78, 5) is 0. The highest BCUT2D eigenvalue weighted by molar-refractivity contribution is 5.86. The van der Waals surface area contributed by atoms with Gasteiger partial charge in [-0.25, -0.2) is 0 Å². The van der Waals surface area contributed by atoms with Crippen molar-refractivity contribution in [3.05, 3.63) is 35.5 Å². The predicted molar refractivity (Wildman–Crippen MR) is 63.1 cm³/mol. The molecule has 1 N–H and O–H groups in total. The van der Waals surface area contributed by atoms with E-state index in [9.17, 15) is 0 Å². The number of hydrogen-bond donors (Lipinski definition) is 1. The van der Waals surface area contributed by atoms with Crippen LogP contribution >= 0.6 is 0 Å². The summed E-state index contributed by atoms with van der Waals surface area (Å²) >= 11 is 0. The standard InChI is InChI=1S/C13H17NO/c1-3-14-9-11(7-8-15)12-6-4-5-10(2)13(12)14/h4-6,9,15H,3,7-8H2,1-2H3. The van der Waals surface area contributed by atoms with Gasteiger partial charge in [-0.2, -0.15) is 0 Å². The van der Waals surface area contributed by atoms with Crippen LogP contribution in [-0.4, -0.2) is 16.3 Å². The zero-order chi connectivity index (χ0) is 10.8. The molecule has 1 aromatic carbocycles. The summed E-state index contributed by atoms with van der Waals surface area (Å²) in [6, 6.07) is 6.36. The van der Waals surface area contributed by atoms with E-state index in [0.717, 1.165) is 13.0 Å². The Labute approximate surface area is 90.2 Å². The smallest absolute Gasteiger partial charge is 0.0512 e. The van der Waals surface area contributed by atoms with E-state index in [0.29, 0.717) is 0 Å². The second-order valence-electron chi connectivity index (χ2n) is 3.89. The Bertz CT molecular complexity index is 471. The van der Waals surface area contributed by atoms with Crippen LogP contribution < -0.4 is 0 Å². The first kappa shape index (κ1) is 10.2. The molecule has 0 saturated carbocycles. The Morgan fingerprint density at radius 2 is 2.13 bits per heavy atom. The van der Waals surface area contributed by atoms with Gasteiger partial charge in [0.25, 0.3) is 0 Å². The highest BCUT2D eigenvalue weighted by Gasteiger charge is 2.08. The quantitative estimate of drug-likeness (QED) is 0.814. The number of aliphatic hydroxyl groups is 1. The molecule has 2 aromatic rings. The number of benzene rings is 1. The number of rotatable bonds is 3. The molecule has 2 nitrogen and oxygen atoms in total. The van der Waals surface area contributed by atoms with E-state index in [1.165, 1.54) is 22.0 Å². The van der Waals surface area contributed by atoms with Crippen molar-refractivity contribution in [1.29, 1.82) is 0 Å². The first-order valence-corrected chi connectivity index (χ1v) is 5.46.